The van der Waals surface area contributed by atoms with Crippen LogP contribution in [-0.4, -0.2) is 39.9 Å². The highest BCUT2D eigenvalue weighted by molar-refractivity contribution is 5.68. The van der Waals surface area contributed by atoms with E-state index < -0.39 is 0 Å². The number of aromatic nitrogens is 8. The van der Waals surface area contributed by atoms with Crippen molar-refractivity contribution in [3.05, 3.63) is 254 Å². The summed E-state index contributed by atoms with van der Waals surface area (Å²) in [5, 5.41) is 0. The summed E-state index contributed by atoms with van der Waals surface area (Å²) in [5.41, 5.74) is 17.8. The summed E-state index contributed by atoms with van der Waals surface area (Å²) in [5.74, 6) is 0. The van der Waals surface area contributed by atoms with Crippen LogP contribution < -0.4 is 0 Å². The molecule has 8 aromatic heterocycles. The molecule has 8 heteroatoms. The van der Waals surface area contributed by atoms with E-state index in [0.717, 1.165) is 22.4 Å². The summed E-state index contributed by atoms with van der Waals surface area (Å²) in [6, 6.07) is 44.6. The zero-order valence-electron chi connectivity index (χ0n) is 37.4. The SMILES string of the molecule is Cc1ccncc1-c1ccccc1.Cc1ccncc1-c1ccccn1.Cc1ccncc1-c1cccnc1.Cc1ccncc1-c1ccncc1.Cc1cnccc1-c1ccccc1. The summed E-state index contributed by atoms with van der Waals surface area (Å²) in [6.07, 6.45) is 27.4. The molecular formula is C57H52N8. The van der Waals surface area contributed by atoms with Crippen LogP contribution in [0.2, 0.25) is 0 Å². The zero-order valence-corrected chi connectivity index (χ0v) is 37.4. The minimum atomic E-state index is 0.980. The first-order valence-electron chi connectivity index (χ1n) is 21.2. The summed E-state index contributed by atoms with van der Waals surface area (Å²) >= 11 is 0. The van der Waals surface area contributed by atoms with Gasteiger partial charge >= 0.3 is 0 Å². The molecule has 0 bridgehead atoms. The van der Waals surface area contributed by atoms with Crippen LogP contribution in [-0.2, 0) is 0 Å². The Morgan fingerprint density at radius 2 is 0.631 bits per heavy atom. The van der Waals surface area contributed by atoms with Gasteiger partial charge in [0.25, 0.3) is 0 Å². The molecule has 0 saturated carbocycles. The fourth-order valence-electron chi connectivity index (χ4n) is 6.64. The van der Waals surface area contributed by atoms with Crippen molar-refractivity contribution in [1.82, 2.24) is 39.9 Å². The molecule has 10 aromatic rings. The summed E-state index contributed by atoms with van der Waals surface area (Å²) in [6.45, 7) is 10.4. The maximum atomic E-state index is 4.27. The van der Waals surface area contributed by atoms with E-state index in [1.165, 1.54) is 61.2 Å². The van der Waals surface area contributed by atoms with E-state index in [1.807, 2.05) is 147 Å². The number of hydrogen-bond donors (Lipinski definition) is 0. The lowest BCUT2D eigenvalue weighted by molar-refractivity contribution is 1.25. The predicted molar refractivity (Wildman–Crippen MR) is 265 cm³/mol. The molecule has 0 radical (unpaired) electrons. The molecule has 8 heterocycles. The molecule has 8 nitrogen and oxygen atoms in total. The molecule has 0 aliphatic heterocycles. The highest BCUT2D eigenvalue weighted by Gasteiger charge is 2.03. The van der Waals surface area contributed by atoms with Crippen LogP contribution in [0.5, 0.6) is 0 Å². The van der Waals surface area contributed by atoms with Crippen molar-refractivity contribution >= 4 is 0 Å². The van der Waals surface area contributed by atoms with Crippen molar-refractivity contribution in [1.29, 1.82) is 0 Å². The minimum absolute atomic E-state index is 0.980. The Bertz CT molecular complexity index is 2440. The van der Waals surface area contributed by atoms with Crippen LogP contribution >= 0.6 is 0 Å². The van der Waals surface area contributed by atoms with Crippen LogP contribution in [0.4, 0.5) is 0 Å². The molecule has 0 unspecified atom stereocenters. The normalized spacial score (nSPS) is 9.92. The Hall–Kier alpha value is -8.36. The number of nitrogens with zero attached hydrogens (tertiary/aromatic N) is 8. The van der Waals surface area contributed by atoms with Gasteiger partial charge in [0.15, 0.2) is 0 Å². The fraction of sp³-hybridized carbons (Fsp3) is 0.0877. The maximum Gasteiger partial charge on any atom is 0.0720 e. The zero-order chi connectivity index (χ0) is 45.5. The van der Waals surface area contributed by atoms with Gasteiger partial charge in [-0.2, -0.15) is 0 Å². The van der Waals surface area contributed by atoms with Gasteiger partial charge in [-0.05, 0) is 145 Å². The molecule has 0 saturated heterocycles. The van der Waals surface area contributed by atoms with Crippen LogP contribution in [0.3, 0.4) is 0 Å². The van der Waals surface area contributed by atoms with E-state index in [2.05, 4.69) is 111 Å². The van der Waals surface area contributed by atoms with E-state index in [1.54, 1.807) is 43.4 Å². The third kappa shape index (κ3) is 14.1. The van der Waals surface area contributed by atoms with Crippen molar-refractivity contribution in [2.24, 2.45) is 0 Å². The maximum absolute atomic E-state index is 4.27. The average Bonchev–Trinajstić information content (AvgIpc) is 3.37. The molecule has 65 heavy (non-hydrogen) atoms. The molecule has 2 aromatic carbocycles. The lowest BCUT2D eigenvalue weighted by Gasteiger charge is -2.03. The summed E-state index contributed by atoms with van der Waals surface area (Å²) in [4.78, 5) is 32.8. The minimum Gasteiger partial charge on any atom is -0.265 e. The van der Waals surface area contributed by atoms with Gasteiger partial charge in [-0.25, -0.2) is 0 Å². The first-order chi connectivity index (χ1) is 31.9. The Balaban J connectivity index is 0.000000135. The van der Waals surface area contributed by atoms with Crippen molar-refractivity contribution in [2.45, 2.75) is 34.6 Å². The van der Waals surface area contributed by atoms with Crippen LogP contribution in [0, 0.1) is 34.6 Å². The fourth-order valence-corrected chi connectivity index (χ4v) is 6.64. The second-order valence-corrected chi connectivity index (χ2v) is 14.9. The summed E-state index contributed by atoms with van der Waals surface area (Å²) in [7, 11) is 0. The van der Waals surface area contributed by atoms with Gasteiger partial charge in [-0.3, -0.25) is 39.9 Å². The topological polar surface area (TPSA) is 103 Å². The van der Waals surface area contributed by atoms with Crippen LogP contribution in [0.25, 0.3) is 55.8 Å². The van der Waals surface area contributed by atoms with Gasteiger partial charge in [0.05, 0.1) is 5.69 Å². The van der Waals surface area contributed by atoms with Gasteiger partial charge in [-0.1, -0.05) is 72.8 Å². The molecular weight excluding hydrogens is 797 g/mol. The van der Waals surface area contributed by atoms with Crippen LogP contribution in [0.15, 0.2) is 226 Å². The van der Waals surface area contributed by atoms with E-state index in [-0.39, 0.29) is 0 Å². The first kappa shape index (κ1) is 46.2. The van der Waals surface area contributed by atoms with Crippen molar-refractivity contribution in [3.63, 3.8) is 0 Å². The van der Waals surface area contributed by atoms with Gasteiger partial charge in [-0.15, -0.1) is 0 Å². The Kier molecular flexibility index (Phi) is 17.7. The molecule has 0 spiro atoms. The second kappa shape index (κ2) is 24.9. The van der Waals surface area contributed by atoms with Crippen molar-refractivity contribution < 1.29 is 0 Å². The number of aryl methyl sites for hydroxylation is 5. The quantitative estimate of drug-likeness (QED) is 0.169. The molecule has 0 amide bonds. The van der Waals surface area contributed by atoms with E-state index >= 15 is 0 Å². The second-order valence-electron chi connectivity index (χ2n) is 14.9. The van der Waals surface area contributed by atoms with Gasteiger partial charge in [0, 0.05) is 121 Å². The van der Waals surface area contributed by atoms with Gasteiger partial charge in [0.1, 0.15) is 0 Å². The number of benzene rings is 2. The molecule has 0 aliphatic carbocycles. The van der Waals surface area contributed by atoms with Gasteiger partial charge < -0.3 is 0 Å². The lowest BCUT2D eigenvalue weighted by Crippen LogP contribution is -1.86. The Morgan fingerprint density at radius 3 is 1.09 bits per heavy atom. The monoisotopic (exact) mass is 848 g/mol. The average molecular weight is 849 g/mol. The van der Waals surface area contributed by atoms with E-state index in [9.17, 15) is 0 Å². The smallest absolute Gasteiger partial charge is 0.0720 e. The lowest BCUT2D eigenvalue weighted by atomic mass is 10.0. The van der Waals surface area contributed by atoms with Crippen molar-refractivity contribution in [3.8, 4) is 55.8 Å². The predicted octanol–water partition coefficient (Wildman–Crippen LogP) is 13.5. The number of hydrogen-bond acceptors (Lipinski definition) is 8. The van der Waals surface area contributed by atoms with E-state index in [4.69, 9.17) is 0 Å². The molecule has 10 rings (SSSR count). The molecule has 0 aliphatic rings. The highest BCUT2D eigenvalue weighted by atomic mass is 14.7. The Morgan fingerprint density at radius 1 is 0.231 bits per heavy atom. The molecule has 320 valence electrons. The van der Waals surface area contributed by atoms with Crippen molar-refractivity contribution in [2.75, 3.05) is 0 Å². The van der Waals surface area contributed by atoms with Crippen LogP contribution in [0.1, 0.15) is 27.8 Å². The first-order valence-corrected chi connectivity index (χ1v) is 21.2. The highest BCUT2D eigenvalue weighted by Crippen LogP contribution is 2.24. The third-order valence-electron chi connectivity index (χ3n) is 10.3. The largest absolute Gasteiger partial charge is 0.265 e. The number of pyridine rings is 8. The molecule has 0 fully saturated rings. The summed E-state index contributed by atoms with van der Waals surface area (Å²) < 4.78 is 0. The Labute approximate surface area is 383 Å². The molecule has 0 N–H and O–H groups in total. The van der Waals surface area contributed by atoms with E-state index in [0.29, 0.717) is 0 Å². The standard InChI is InChI=1S/2C12H11N.3C11H10N2/c1-10-9-13-8-7-12(10)11-5-3-2-4-6-11;1-10-7-8-13-9-12(10)11-5-3-2-4-6-11;1-9-2-5-13-8-11(9)10-3-6-12-7-4-10;1-9-4-6-13-8-11(9)10-3-2-5-12-7-10;1-9-5-7-12-8-10(9)11-4-2-3-6-13-11/h2*2-9H,1H3;3*2-8H,1H3. The van der Waals surface area contributed by atoms with Gasteiger partial charge in [0.2, 0.25) is 0 Å². The third-order valence-corrected chi connectivity index (χ3v) is 10.3. The number of rotatable bonds is 5. The molecule has 0 atom stereocenters.